The van der Waals surface area contributed by atoms with Gasteiger partial charge in [-0.05, 0) is 10.9 Å². The van der Waals surface area contributed by atoms with Crippen molar-refractivity contribution in [2.45, 2.75) is 12.6 Å². The number of aromatic nitrogens is 1. The molecule has 0 spiro atoms. The second-order valence-electron chi connectivity index (χ2n) is 3.16. The first kappa shape index (κ1) is 10.2. The molecule has 2 heterocycles. The van der Waals surface area contributed by atoms with Gasteiger partial charge in [0.05, 0.1) is 23.0 Å². The molecular formula is C9H7F3N2S. The average Bonchev–Trinajstić information content (AvgIpc) is 2.48. The van der Waals surface area contributed by atoms with Gasteiger partial charge in [-0.2, -0.15) is 13.2 Å². The van der Waals surface area contributed by atoms with Crippen molar-refractivity contribution in [3.8, 4) is 0 Å². The summed E-state index contributed by atoms with van der Waals surface area (Å²) in [5.74, 6) is 0. The number of hydrogen-bond acceptors (Lipinski definition) is 3. The highest BCUT2D eigenvalue weighted by molar-refractivity contribution is 7.18. The molecule has 2 N–H and O–H groups in total. The van der Waals surface area contributed by atoms with E-state index in [4.69, 9.17) is 5.73 Å². The van der Waals surface area contributed by atoms with Gasteiger partial charge in [-0.25, -0.2) is 0 Å². The molecule has 0 radical (unpaired) electrons. The Morgan fingerprint density at radius 2 is 2.07 bits per heavy atom. The van der Waals surface area contributed by atoms with E-state index in [1.54, 1.807) is 0 Å². The number of thiophene rings is 1. The number of fused-ring (bicyclic) bond motifs is 1. The molecule has 0 saturated heterocycles. The molecule has 0 aliphatic rings. The van der Waals surface area contributed by atoms with Crippen molar-refractivity contribution in [3.05, 3.63) is 23.3 Å². The molecule has 0 amide bonds. The Morgan fingerprint density at radius 3 is 2.73 bits per heavy atom. The molecule has 0 aromatic carbocycles. The maximum atomic E-state index is 12.2. The molecule has 2 nitrogen and oxygen atoms in total. The van der Waals surface area contributed by atoms with E-state index >= 15 is 0 Å². The highest BCUT2D eigenvalue weighted by atomic mass is 32.1. The first-order valence-electron chi connectivity index (χ1n) is 4.13. The van der Waals surface area contributed by atoms with Crippen LogP contribution in [0.5, 0.6) is 0 Å². The Hall–Kier alpha value is -1.30. The first-order chi connectivity index (χ1) is 6.97. The normalized spacial score (nSPS) is 12.2. The predicted octanol–water partition coefficient (Wildman–Crippen LogP) is 2.98. The van der Waals surface area contributed by atoms with Gasteiger partial charge >= 0.3 is 6.18 Å². The van der Waals surface area contributed by atoms with Crippen LogP contribution in [0.2, 0.25) is 0 Å². The van der Waals surface area contributed by atoms with E-state index in [1.807, 2.05) is 0 Å². The summed E-state index contributed by atoms with van der Waals surface area (Å²) < 4.78 is 37.3. The van der Waals surface area contributed by atoms with Gasteiger partial charge in [0, 0.05) is 11.6 Å². The van der Waals surface area contributed by atoms with E-state index in [2.05, 4.69) is 4.98 Å². The Morgan fingerprint density at radius 1 is 1.33 bits per heavy atom. The molecule has 0 atom stereocenters. The van der Waals surface area contributed by atoms with Crippen LogP contribution in [0.25, 0.3) is 10.1 Å². The smallest absolute Gasteiger partial charge is 0.393 e. The highest BCUT2D eigenvalue weighted by Crippen LogP contribution is 2.33. The van der Waals surface area contributed by atoms with E-state index in [0.717, 1.165) is 0 Å². The van der Waals surface area contributed by atoms with Crippen LogP contribution >= 0.6 is 11.3 Å². The number of nitrogen functional groups attached to an aromatic ring is 1. The summed E-state index contributed by atoms with van der Waals surface area (Å²) in [6.45, 7) is 0. The lowest BCUT2D eigenvalue weighted by molar-refractivity contribution is -0.126. The molecule has 2 aromatic rings. The average molecular weight is 232 g/mol. The molecule has 0 unspecified atom stereocenters. The third-order valence-electron chi connectivity index (χ3n) is 1.98. The van der Waals surface area contributed by atoms with Gasteiger partial charge in [0.2, 0.25) is 0 Å². The molecular weight excluding hydrogens is 225 g/mol. The van der Waals surface area contributed by atoms with Crippen LogP contribution in [-0.2, 0) is 6.42 Å². The van der Waals surface area contributed by atoms with Crippen LogP contribution in [-0.4, -0.2) is 11.2 Å². The van der Waals surface area contributed by atoms with Crippen molar-refractivity contribution in [1.82, 2.24) is 4.98 Å². The minimum atomic E-state index is -4.20. The van der Waals surface area contributed by atoms with Gasteiger partial charge < -0.3 is 5.73 Å². The molecule has 2 aromatic heterocycles. The number of nitrogens with zero attached hydrogens (tertiary/aromatic N) is 1. The lowest BCUT2D eigenvalue weighted by Crippen LogP contribution is -2.10. The van der Waals surface area contributed by atoms with Gasteiger partial charge in [0.15, 0.2) is 0 Å². The minimum Gasteiger partial charge on any atom is -0.396 e. The van der Waals surface area contributed by atoms with Gasteiger partial charge in [-0.1, -0.05) is 0 Å². The van der Waals surface area contributed by atoms with Gasteiger partial charge in [0.1, 0.15) is 0 Å². The van der Waals surface area contributed by atoms with E-state index < -0.39 is 12.6 Å². The van der Waals surface area contributed by atoms with Gasteiger partial charge in [0.25, 0.3) is 0 Å². The van der Waals surface area contributed by atoms with Crippen LogP contribution in [0.15, 0.2) is 17.8 Å². The lowest BCUT2D eigenvalue weighted by atomic mass is 10.1. The first-order valence-corrected chi connectivity index (χ1v) is 5.01. The van der Waals surface area contributed by atoms with Crippen LogP contribution in [0, 0.1) is 0 Å². The minimum absolute atomic E-state index is 0.238. The summed E-state index contributed by atoms with van der Waals surface area (Å²) in [5, 5.41) is 1.98. The fourth-order valence-corrected chi connectivity index (χ4v) is 2.34. The number of alkyl halides is 3. The zero-order chi connectivity index (χ0) is 11.1. The number of anilines is 1. The summed E-state index contributed by atoms with van der Waals surface area (Å²) in [4.78, 5) is 3.79. The number of rotatable bonds is 1. The third kappa shape index (κ3) is 2.04. The maximum Gasteiger partial charge on any atom is 0.393 e. The molecule has 0 saturated carbocycles. The fourth-order valence-electron chi connectivity index (χ4n) is 1.37. The topological polar surface area (TPSA) is 38.9 Å². The Balaban J connectivity index is 2.50. The van der Waals surface area contributed by atoms with Crippen molar-refractivity contribution in [2.75, 3.05) is 5.73 Å². The summed E-state index contributed by atoms with van der Waals surface area (Å²) in [6.07, 6.45) is -2.27. The van der Waals surface area contributed by atoms with Crippen molar-refractivity contribution < 1.29 is 13.2 Å². The van der Waals surface area contributed by atoms with Crippen molar-refractivity contribution >= 4 is 27.1 Å². The largest absolute Gasteiger partial charge is 0.396 e. The number of hydrogen-bond donors (Lipinski definition) is 1. The highest BCUT2D eigenvalue weighted by Gasteiger charge is 2.29. The molecule has 0 aliphatic heterocycles. The Kier molecular flexibility index (Phi) is 2.30. The molecule has 15 heavy (non-hydrogen) atoms. The van der Waals surface area contributed by atoms with E-state index in [1.165, 1.54) is 29.1 Å². The Bertz CT molecular complexity index is 490. The van der Waals surface area contributed by atoms with Crippen molar-refractivity contribution in [3.63, 3.8) is 0 Å². The van der Waals surface area contributed by atoms with E-state index in [9.17, 15) is 13.2 Å². The molecule has 80 valence electrons. The van der Waals surface area contributed by atoms with Crippen LogP contribution in [0.3, 0.4) is 0 Å². The number of nitrogens with two attached hydrogens (primary N) is 1. The lowest BCUT2D eigenvalue weighted by Gasteiger charge is -2.04. The Labute approximate surface area is 87.5 Å². The second kappa shape index (κ2) is 3.37. The fraction of sp³-hybridized carbons (Fsp3) is 0.222. The van der Waals surface area contributed by atoms with Crippen LogP contribution in [0.4, 0.5) is 18.9 Å². The summed E-state index contributed by atoms with van der Waals surface area (Å²) >= 11 is 1.22. The zero-order valence-electron chi connectivity index (χ0n) is 7.51. The molecule has 0 aliphatic carbocycles. The van der Waals surface area contributed by atoms with E-state index in [0.29, 0.717) is 15.8 Å². The SMILES string of the molecule is Nc1cncc2c(CC(F)(F)F)csc12. The number of halogens is 3. The summed E-state index contributed by atoms with van der Waals surface area (Å²) in [6, 6.07) is 0. The monoisotopic (exact) mass is 232 g/mol. The zero-order valence-corrected chi connectivity index (χ0v) is 8.32. The molecule has 0 fully saturated rings. The van der Waals surface area contributed by atoms with Gasteiger partial charge in [-0.3, -0.25) is 4.98 Å². The second-order valence-corrected chi connectivity index (χ2v) is 4.04. The maximum absolute atomic E-state index is 12.2. The van der Waals surface area contributed by atoms with Crippen LogP contribution in [0.1, 0.15) is 5.56 Å². The quantitative estimate of drug-likeness (QED) is 0.820. The molecule has 6 heteroatoms. The number of pyridine rings is 1. The van der Waals surface area contributed by atoms with Crippen molar-refractivity contribution in [2.24, 2.45) is 0 Å². The summed E-state index contributed by atoms with van der Waals surface area (Å²) in [7, 11) is 0. The molecule has 2 rings (SSSR count). The van der Waals surface area contributed by atoms with E-state index in [-0.39, 0.29) is 5.56 Å². The van der Waals surface area contributed by atoms with Crippen LogP contribution < -0.4 is 5.73 Å². The van der Waals surface area contributed by atoms with Gasteiger partial charge in [-0.15, -0.1) is 11.3 Å². The standard InChI is InChI=1S/C9H7F3N2S/c10-9(11,12)1-5-4-15-8-6(5)2-14-3-7(8)13/h2-4H,1,13H2. The molecule has 0 bridgehead atoms. The third-order valence-corrected chi connectivity index (χ3v) is 3.07. The van der Waals surface area contributed by atoms with Crippen molar-refractivity contribution in [1.29, 1.82) is 0 Å². The summed E-state index contributed by atoms with van der Waals surface area (Å²) in [5.41, 5.74) is 6.26. The predicted molar refractivity (Wildman–Crippen MR) is 53.8 cm³/mol.